The molecular weight excluding hydrogens is 418 g/mol. The van der Waals surface area contributed by atoms with Gasteiger partial charge in [-0.15, -0.1) is 0 Å². The van der Waals surface area contributed by atoms with Crippen LogP contribution in [0.3, 0.4) is 0 Å². The second kappa shape index (κ2) is 9.45. The first-order chi connectivity index (χ1) is 15.7. The third kappa shape index (κ3) is 4.58. The molecular formula is C25H31N5OS. The lowest BCUT2D eigenvalue weighted by Gasteiger charge is -2.29. The SMILES string of the molecule is COc1ccc(-c2nc(N3CCC(C)CC3)sc2-c2ccnc(NC3CCCC3)n2)cc1. The zero-order chi connectivity index (χ0) is 21.9. The van der Waals surface area contributed by atoms with Crippen LogP contribution >= 0.6 is 11.3 Å². The average Bonchev–Trinajstić information content (AvgIpc) is 3.50. The summed E-state index contributed by atoms with van der Waals surface area (Å²) < 4.78 is 5.35. The number of benzene rings is 1. The van der Waals surface area contributed by atoms with Crippen LogP contribution in [0.5, 0.6) is 5.75 Å². The van der Waals surface area contributed by atoms with Crippen molar-refractivity contribution in [3.05, 3.63) is 36.5 Å². The van der Waals surface area contributed by atoms with E-state index < -0.39 is 0 Å². The van der Waals surface area contributed by atoms with Crippen molar-refractivity contribution in [2.45, 2.75) is 51.5 Å². The Kier molecular flexibility index (Phi) is 6.26. The Labute approximate surface area is 194 Å². The zero-order valence-corrected chi connectivity index (χ0v) is 19.7. The minimum atomic E-state index is 0.485. The third-order valence-corrected chi connectivity index (χ3v) is 7.75. The molecule has 2 fully saturated rings. The van der Waals surface area contributed by atoms with Gasteiger partial charge < -0.3 is 15.0 Å². The van der Waals surface area contributed by atoms with Gasteiger partial charge in [-0.05, 0) is 61.9 Å². The van der Waals surface area contributed by atoms with Crippen molar-refractivity contribution in [2.75, 3.05) is 30.4 Å². The van der Waals surface area contributed by atoms with Gasteiger partial charge in [0.2, 0.25) is 5.95 Å². The number of hydrogen-bond acceptors (Lipinski definition) is 7. The number of rotatable bonds is 6. The molecule has 2 aromatic heterocycles. The van der Waals surface area contributed by atoms with Crippen LogP contribution in [0.15, 0.2) is 36.5 Å². The van der Waals surface area contributed by atoms with Crippen LogP contribution in [0.2, 0.25) is 0 Å². The number of anilines is 2. The van der Waals surface area contributed by atoms with E-state index in [1.807, 2.05) is 24.4 Å². The van der Waals surface area contributed by atoms with Crippen molar-refractivity contribution in [2.24, 2.45) is 5.92 Å². The van der Waals surface area contributed by atoms with Gasteiger partial charge in [-0.3, -0.25) is 0 Å². The van der Waals surface area contributed by atoms with Crippen molar-refractivity contribution < 1.29 is 4.74 Å². The molecule has 0 atom stereocenters. The Morgan fingerprint density at radius 3 is 2.47 bits per heavy atom. The summed E-state index contributed by atoms with van der Waals surface area (Å²) in [5.41, 5.74) is 3.00. The van der Waals surface area contributed by atoms with Crippen LogP contribution in [-0.2, 0) is 0 Å². The number of hydrogen-bond donors (Lipinski definition) is 1. The lowest BCUT2D eigenvalue weighted by molar-refractivity contribution is 0.415. The minimum Gasteiger partial charge on any atom is -0.497 e. The fraction of sp³-hybridized carbons (Fsp3) is 0.480. The van der Waals surface area contributed by atoms with Crippen LogP contribution in [0.25, 0.3) is 21.8 Å². The van der Waals surface area contributed by atoms with Gasteiger partial charge in [0.25, 0.3) is 0 Å². The topological polar surface area (TPSA) is 63.2 Å². The van der Waals surface area contributed by atoms with Crippen molar-refractivity contribution in [3.8, 4) is 27.6 Å². The molecule has 2 aliphatic rings. The zero-order valence-electron chi connectivity index (χ0n) is 18.9. The highest BCUT2D eigenvalue weighted by Gasteiger charge is 2.23. The van der Waals surface area contributed by atoms with Gasteiger partial charge >= 0.3 is 0 Å². The van der Waals surface area contributed by atoms with Crippen LogP contribution in [0.4, 0.5) is 11.1 Å². The number of methoxy groups -OCH3 is 1. The number of aromatic nitrogens is 3. The van der Waals surface area contributed by atoms with Crippen LogP contribution in [0.1, 0.15) is 45.4 Å². The summed E-state index contributed by atoms with van der Waals surface area (Å²) in [6.07, 6.45) is 9.26. The fourth-order valence-electron chi connectivity index (χ4n) is 4.57. The van der Waals surface area contributed by atoms with E-state index >= 15 is 0 Å². The highest BCUT2D eigenvalue weighted by Crippen LogP contribution is 2.41. The quantitative estimate of drug-likeness (QED) is 0.508. The predicted molar refractivity (Wildman–Crippen MR) is 132 cm³/mol. The van der Waals surface area contributed by atoms with E-state index in [2.05, 4.69) is 34.3 Å². The first kappa shape index (κ1) is 21.2. The Morgan fingerprint density at radius 1 is 1.00 bits per heavy atom. The Hall–Kier alpha value is -2.67. The summed E-state index contributed by atoms with van der Waals surface area (Å²) >= 11 is 1.74. The highest BCUT2D eigenvalue weighted by atomic mass is 32.1. The molecule has 3 aromatic rings. The number of piperidine rings is 1. The van der Waals surface area contributed by atoms with Crippen molar-refractivity contribution in [1.29, 1.82) is 0 Å². The van der Waals surface area contributed by atoms with Gasteiger partial charge in [0.1, 0.15) is 5.75 Å². The lowest BCUT2D eigenvalue weighted by atomic mass is 10.00. The average molecular weight is 450 g/mol. The Balaban J connectivity index is 1.50. The molecule has 5 rings (SSSR count). The Bertz CT molecular complexity index is 1040. The van der Waals surface area contributed by atoms with E-state index in [1.54, 1.807) is 18.4 Å². The molecule has 1 saturated heterocycles. The summed E-state index contributed by atoms with van der Waals surface area (Å²) in [4.78, 5) is 18.0. The minimum absolute atomic E-state index is 0.485. The van der Waals surface area contributed by atoms with Gasteiger partial charge in [0.05, 0.1) is 23.4 Å². The van der Waals surface area contributed by atoms with Crippen LogP contribution in [0, 0.1) is 5.92 Å². The van der Waals surface area contributed by atoms with E-state index in [-0.39, 0.29) is 0 Å². The highest BCUT2D eigenvalue weighted by molar-refractivity contribution is 7.19. The van der Waals surface area contributed by atoms with E-state index in [1.165, 1.54) is 38.5 Å². The fourth-order valence-corrected chi connectivity index (χ4v) is 5.68. The summed E-state index contributed by atoms with van der Waals surface area (Å²) in [5.74, 6) is 2.36. The van der Waals surface area contributed by atoms with Crippen molar-refractivity contribution in [1.82, 2.24) is 15.0 Å². The van der Waals surface area contributed by atoms with Gasteiger partial charge in [-0.25, -0.2) is 15.0 Å². The second-order valence-electron chi connectivity index (χ2n) is 8.96. The van der Waals surface area contributed by atoms with Gasteiger partial charge in [-0.1, -0.05) is 31.1 Å². The largest absolute Gasteiger partial charge is 0.497 e. The van der Waals surface area contributed by atoms with Crippen molar-refractivity contribution >= 4 is 22.4 Å². The molecule has 0 spiro atoms. The maximum absolute atomic E-state index is 5.35. The third-order valence-electron chi connectivity index (χ3n) is 6.61. The molecule has 0 amide bonds. The summed E-state index contributed by atoms with van der Waals surface area (Å²) in [6, 6.07) is 10.6. The molecule has 1 N–H and O–H groups in total. The second-order valence-corrected chi connectivity index (χ2v) is 9.94. The smallest absolute Gasteiger partial charge is 0.223 e. The van der Waals surface area contributed by atoms with E-state index in [0.29, 0.717) is 6.04 Å². The number of nitrogens with one attached hydrogen (secondary N) is 1. The van der Waals surface area contributed by atoms with Crippen molar-refractivity contribution in [3.63, 3.8) is 0 Å². The molecule has 168 valence electrons. The van der Waals surface area contributed by atoms with Crippen LogP contribution < -0.4 is 15.0 Å². The molecule has 7 heteroatoms. The molecule has 3 heterocycles. The molecule has 0 bridgehead atoms. The van der Waals surface area contributed by atoms with Gasteiger partial charge in [0, 0.05) is 30.9 Å². The molecule has 32 heavy (non-hydrogen) atoms. The first-order valence-corrected chi connectivity index (χ1v) is 12.5. The molecule has 0 radical (unpaired) electrons. The summed E-state index contributed by atoms with van der Waals surface area (Å²) in [7, 11) is 1.69. The molecule has 6 nitrogen and oxygen atoms in total. The standard InChI is InChI=1S/C25H31N5OS/c1-17-12-15-30(16-13-17)25-29-22(18-7-9-20(31-2)10-8-18)23(32-25)21-11-14-26-24(28-21)27-19-5-3-4-6-19/h7-11,14,17,19H,3-6,12-13,15-16H2,1-2H3,(H,26,27,28). The number of thiazole rings is 1. The lowest BCUT2D eigenvalue weighted by Crippen LogP contribution is -2.32. The summed E-state index contributed by atoms with van der Waals surface area (Å²) in [6.45, 7) is 4.47. The molecule has 1 saturated carbocycles. The van der Waals surface area contributed by atoms with E-state index in [9.17, 15) is 0 Å². The normalized spacial score (nSPS) is 17.6. The maximum Gasteiger partial charge on any atom is 0.223 e. The summed E-state index contributed by atoms with van der Waals surface area (Å²) in [5, 5.41) is 4.62. The van der Waals surface area contributed by atoms with E-state index in [0.717, 1.165) is 57.7 Å². The Morgan fingerprint density at radius 2 is 1.75 bits per heavy atom. The maximum atomic E-state index is 5.35. The van der Waals surface area contributed by atoms with Crippen LogP contribution in [-0.4, -0.2) is 41.2 Å². The molecule has 1 aromatic carbocycles. The number of nitrogens with zero attached hydrogens (tertiary/aromatic N) is 4. The predicted octanol–water partition coefficient (Wildman–Crippen LogP) is 5.87. The van der Waals surface area contributed by atoms with Gasteiger partial charge in [0.15, 0.2) is 5.13 Å². The molecule has 1 aliphatic carbocycles. The van der Waals surface area contributed by atoms with E-state index in [4.69, 9.17) is 14.7 Å². The molecule has 0 unspecified atom stereocenters. The van der Waals surface area contributed by atoms with Gasteiger partial charge in [-0.2, -0.15) is 0 Å². The first-order valence-electron chi connectivity index (χ1n) is 11.7. The number of ether oxygens (including phenoxy) is 1. The monoisotopic (exact) mass is 449 g/mol. The molecule has 1 aliphatic heterocycles.